The highest BCUT2D eigenvalue weighted by molar-refractivity contribution is 7.98. The van der Waals surface area contributed by atoms with Crippen LogP contribution in [0.4, 0.5) is 4.39 Å². The number of rotatable bonds is 8. The SMILES string of the molecule is CSCCCC(CNC(C)C)c1ccccc1F. The lowest BCUT2D eigenvalue weighted by atomic mass is 9.93. The average molecular weight is 269 g/mol. The monoisotopic (exact) mass is 269 g/mol. The van der Waals surface area contributed by atoms with Gasteiger partial charge in [0.25, 0.3) is 0 Å². The van der Waals surface area contributed by atoms with E-state index in [4.69, 9.17) is 0 Å². The maximum Gasteiger partial charge on any atom is 0.126 e. The van der Waals surface area contributed by atoms with Crippen molar-refractivity contribution in [3.05, 3.63) is 35.6 Å². The van der Waals surface area contributed by atoms with Gasteiger partial charge in [-0.15, -0.1) is 0 Å². The second-order valence-electron chi connectivity index (χ2n) is 4.92. The van der Waals surface area contributed by atoms with Crippen LogP contribution in [0.15, 0.2) is 24.3 Å². The number of thioether (sulfide) groups is 1. The molecule has 0 saturated heterocycles. The number of hydrogen-bond acceptors (Lipinski definition) is 2. The molecule has 1 aromatic rings. The normalized spacial score (nSPS) is 12.9. The smallest absolute Gasteiger partial charge is 0.126 e. The number of nitrogens with one attached hydrogen (secondary N) is 1. The molecule has 1 rings (SSSR count). The van der Waals surface area contributed by atoms with Gasteiger partial charge in [-0.2, -0.15) is 11.8 Å². The minimum Gasteiger partial charge on any atom is -0.314 e. The van der Waals surface area contributed by atoms with Gasteiger partial charge in [-0.3, -0.25) is 0 Å². The molecule has 0 aliphatic heterocycles. The Morgan fingerprint density at radius 2 is 2.00 bits per heavy atom. The Labute approximate surface area is 115 Å². The zero-order chi connectivity index (χ0) is 13.4. The van der Waals surface area contributed by atoms with Crippen molar-refractivity contribution in [1.29, 1.82) is 0 Å². The Hall–Kier alpha value is -0.540. The highest BCUT2D eigenvalue weighted by Gasteiger charge is 2.15. The molecule has 0 aliphatic rings. The van der Waals surface area contributed by atoms with Crippen molar-refractivity contribution in [2.24, 2.45) is 0 Å². The third kappa shape index (κ3) is 5.40. The number of halogens is 1. The molecule has 102 valence electrons. The lowest BCUT2D eigenvalue weighted by Gasteiger charge is -2.20. The molecule has 0 heterocycles. The topological polar surface area (TPSA) is 12.0 Å². The van der Waals surface area contributed by atoms with Crippen LogP contribution in [0.25, 0.3) is 0 Å². The third-order valence-electron chi connectivity index (χ3n) is 3.02. The number of hydrogen-bond donors (Lipinski definition) is 1. The molecular weight excluding hydrogens is 245 g/mol. The molecule has 0 amide bonds. The molecule has 1 atom stereocenters. The van der Waals surface area contributed by atoms with E-state index in [9.17, 15) is 4.39 Å². The van der Waals surface area contributed by atoms with E-state index in [1.807, 2.05) is 23.9 Å². The summed E-state index contributed by atoms with van der Waals surface area (Å²) in [5, 5.41) is 3.42. The summed E-state index contributed by atoms with van der Waals surface area (Å²) >= 11 is 1.85. The van der Waals surface area contributed by atoms with Gasteiger partial charge in [0.05, 0.1) is 0 Å². The predicted molar refractivity (Wildman–Crippen MR) is 79.9 cm³/mol. The van der Waals surface area contributed by atoms with Gasteiger partial charge < -0.3 is 5.32 Å². The van der Waals surface area contributed by atoms with Crippen LogP contribution in [0.1, 0.15) is 38.2 Å². The highest BCUT2D eigenvalue weighted by atomic mass is 32.2. The maximum atomic E-state index is 13.8. The molecule has 0 saturated carbocycles. The van der Waals surface area contributed by atoms with Crippen LogP contribution in [0.2, 0.25) is 0 Å². The summed E-state index contributed by atoms with van der Waals surface area (Å²) < 4.78 is 13.8. The van der Waals surface area contributed by atoms with Crippen molar-refractivity contribution in [2.75, 3.05) is 18.6 Å². The van der Waals surface area contributed by atoms with E-state index in [0.717, 1.165) is 30.7 Å². The van der Waals surface area contributed by atoms with E-state index in [2.05, 4.69) is 25.4 Å². The quantitative estimate of drug-likeness (QED) is 0.715. The molecule has 1 N–H and O–H groups in total. The third-order valence-corrected chi connectivity index (χ3v) is 3.72. The summed E-state index contributed by atoms with van der Waals surface area (Å²) in [6, 6.07) is 7.61. The van der Waals surface area contributed by atoms with E-state index in [-0.39, 0.29) is 11.7 Å². The standard InChI is InChI=1S/C15H24FNS/c1-12(2)17-11-13(7-6-10-18-3)14-8-4-5-9-15(14)16/h4-5,8-9,12-13,17H,6-7,10-11H2,1-3H3. The van der Waals surface area contributed by atoms with Crippen molar-refractivity contribution < 1.29 is 4.39 Å². The first-order valence-electron chi connectivity index (χ1n) is 6.62. The Bertz CT molecular complexity index is 341. The fourth-order valence-electron chi connectivity index (χ4n) is 2.03. The van der Waals surface area contributed by atoms with Gasteiger partial charge in [-0.1, -0.05) is 32.0 Å². The zero-order valence-electron chi connectivity index (χ0n) is 11.6. The van der Waals surface area contributed by atoms with Gasteiger partial charge in [0.15, 0.2) is 0 Å². The molecule has 0 aliphatic carbocycles. The molecule has 18 heavy (non-hydrogen) atoms. The lowest BCUT2D eigenvalue weighted by molar-refractivity contribution is 0.486. The van der Waals surface area contributed by atoms with Crippen molar-refractivity contribution in [3.8, 4) is 0 Å². The van der Waals surface area contributed by atoms with Gasteiger partial charge in [-0.05, 0) is 42.4 Å². The van der Waals surface area contributed by atoms with Crippen LogP contribution in [-0.2, 0) is 0 Å². The summed E-state index contributed by atoms with van der Waals surface area (Å²) in [7, 11) is 0. The molecule has 0 fully saturated rings. The Kier molecular flexibility index (Phi) is 7.36. The first-order valence-corrected chi connectivity index (χ1v) is 8.01. The second kappa shape index (κ2) is 8.54. The van der Waals surface area contributed by atoms with Gasteiger partial charge in [0.1, 0.15) is 5.82 Å². The van der Waals surface area contributed by atoms with Crippen LogP contribution in [0, 0.1) is 5.82 Å². The largest absolute Gasteiger partial charge is 0.314 e. The van der Waals surface area contributed by atoms with Crippen LogP contribution >= 0.6 is 11.8 Å². The minimum atomic E-state index is -0.0720. The van der Waals surface area contributed by atoms with Crippen molar-refractivity contribution in [3.63, 3.8) is 0 Å². The fraction of sp³-hybridized carbons (Fsp3) is 0.600. The summed E-state index contributed by atoms with van der Waals surface area (Å²) in [6.45, 7) is 5.10. The molecule has 1 nitrogen and oxygen atoms in total. The predicted octanol–water partition coefficient (Wildman–Crippen LogP) is 4.05. The summed E-state index contributed by atoms with van der Waals surface area (Å²) in [6.07, 6.45) is 4.30. The summed E-state index contributed by atoms with van der Waals surface area (Å²) in [5.41, 5.74) is 0.853. The molecule has 0 aromatic heterocycles. The Morgan fingerprint density at radius 3 is 2.61 bits per heavy atom. The van der Waals surface area contributed by atoms with Crippen LogP contribution in [0.5, 0.6) is 0 Å². The van der Waals surface area contributed by atoms with Gasteiger partial charge in [0.2, 0.25) is 0 Å². The van der Waals surface area contributed by atoms with Crippen molar-refractivity contribution in [1.82, 2.24) is 5.32 Å². The molecular formula is C15H24FNS. The molecule has 0 spiro atoms. The van der Waals surface area contributed by atoms with Crippen LogP contribution in [-0.4, -0.2) is 24.6 Å². The lowest BCUT2D eigenvalue weighted by Crippen LogP contribution is -2.28. The maximum absolute atomic E-state index is 13.8. The molecule has 0 bridgehead atoms. The van der Waals surface area contributed by atoms with Gasteiger partial charge in [-0.25, -0.2) is 4.39 Å². The van der Waals surface area contributed by atoms with Gasteiger partial charge >= 0.3 is 0 Å². The van der Waals surface area contributed by atoms with E-state index >= 15 is 0 Å². The van der Waals surface area contributed by atoms with E-state index in [1.165, 1.54) is 0 Å². The molecule has 1 aromatic carbocycles. The minimum absolute atomic E-state index is 0.0720. The van der Waals surface area contributed by atoms with Crippen LogP contribution in [0.3, 0.4) is 0 Å². The molecule has 0 radical (unpaired) electrons. The molecule has 1 unspecified atom stereocenters. The average Bonchev–Trinajstić information content (AvgIpc) is 2.34. The van der Waals surface area contributed by atoms with Gasteiger partial charge in [0, 0.05) is 12.6 Å². The Morgan fingerprint density at radius 1 is 1.28 bits per heavy atom. The van der Waals surface area contributed by atoms with E-state index in [0.29, 0.717) is 6.04 Å². The first kappa shape index (κ1) is 15.5. The fourth-order valence-corrected chi connectivity index (χ4v) is 2.48. The second-order valence-corrected chi connectivity index (χ2v) is 5.90. The Balaban J connectivity index is 2.66. The van der Waals surface area contributed by atoms with Crippen molar-refractivity contribution >= 4 is 11.8 Å². The zero-order valence-corrected chi connectivity index (χ0v) is 12.4. The summed E-state index contributed by atoms with van der Waals surface area (Å²) in [5.74, 6) is 1.35. The summed E-state index contributed by atoms with van der Waals surface area (Å²) in [4.78, 5) is 0. The first-order chi connectivity index (χ1) is 8.65. The highest BCUT2D eigenvalue weighted by Crippen LogP contribution is 2.24. The van der Waals surface area contributed by atoms with E-state index in [1.54, 1.807) is 12.1 Å². The van der Waals surface area contributed by atoms with E-state index < -0.39 is 0 Å². The van der Waals surface area contributed by atoms with Crippen LogP contribution < -0.4 is 5.32 Å². The van der Waals surface area contributed by atoms with Crippen molar-refractivity contribution in [2.45, 2.75) is 38.6 Å². The number of benzene rings is 1. The molecule has 3 heteroatoms.